The molecule has 0 aliphatic rings. The van der Waals surface area contributed by atoms with Gasteiger partial charge >= 0.3 is 0 Å². The van der Waals surface area contributed by atoms with Crippen LogP contribution in [0.3, 0.4) is 0 Å². The molecular formula is C31H36ClNS. The van der Waals surface area contributed by atoms with Crippen LogP contribution in [0.15, 0.2) is 84.4 Å². The van der Waals surface area contributed by atoms with Gasteiger partial charge in [-0.2, -0.15) is 4.57 Å². The Morgan fingerprint density at radius 1 is 0.706 bits per heavy atom. The van der Waals surface area contributed by atoms with E-state index in [0.717, 1.165) is 25.7 Å². The molecule has 0 spiro atoms. The Morgan fingerprint density at radius 2 is 1.21 bits per heavy atom. The van der Waals surface area contributed by atoms with Crippen LogP contribution in [0.2, 0.25) is 0 Å². The predicted octanol–water partition coefficient (Wildman–Crippen LogP) is 4.85. The molecule has 0 amide bonds. The molecule has 0 N–H and O–H groups in total. The molecule has 4 rings (SSSR count). The zero-order valence-electron chi connectivity index (χ0n) is 20.8. The first-order chi connectivity index (χ1) is 16.1. The molecule has 2 unspecified atom stereocenters. The van der Waals surface area contributed by atoms with Crippen molar-refractivity contribution in [1.82, 2.24) is 0 Å². The second-order valence-electron chi connectivity index (χ2n) is 9.21. The van der Waals surface area contributed by atoms with Gasteiger partial charge in [0.05, 0.1) is 4.88 Å². The van der Waals surface area contributed by atoms with Gasteiger partial charge in [-0.25, -0.2) is 0 Å². The number of thiazole rings is 1. The van der Waals surface area contributed by atoms with Crippen molar-refractivity contribution in [3.63, 3.8) is 0 Å². The smallest absolute Gasteiger partial charge is 0.231 e. The molecule has 1 nitrogen and oxygen atoms in total. The average Bonchev–Trinajstić information content (AvgIpc) is 3.28. The summed E-state index contributed by atoms with van der Waals surface area (Å²) in [5, 5.41) is 0. The highest BCUT2D eigenvalue weighted by Crippen LogP contribution is 2.29. The first kappa shape index (κ1) is 26.2. The minimum absolute atomic E-state index is 0. The second kappa shape index (κ2) is 12.3. The van der Waals surface area contributed by atoms with Crippen molar-refractivity contribution in [2.45, 2.75) is 65.2 Å². The number of aryl methyl sites for hydroxylation is 1. The molecule has 178 valence electrons. The topological polar surface area (TPSA) is 3.88 Å². The van der Waals surface area contributed by atoms with Gasteiger partial charge in [0, 0.05) is 18.6 Å². The van der Waals surface area contributed by atoms with Crippen LogP contribution < -0.4 is 17.0 Å². The number of hydrogen-bond acceptors (Lipinski definition) is 1. The van der Waals surface area contributed by atoms with E-state index in [0.29, 0.717) is 11.8 Å². The lowest BCUT2D eigenvalue weighted by molar-refractivity contribution is -0.599. The molecule has 0 saturated carbocycles. The highest BCUT2D eigenvalue weighted by Gasteiger charge is 2.22. The maximum Gasteiger partial charge on any atom is 0.231 e. The SMILES string of the molecule is CCc1sc[n+](-c2cc(C(C)Cc3ccccc3)cc(C(C)Cc3ccccc3)c2)c1CC.[Cl-]. The lowest BCUT2D eigenvalue weighted by Gasteiger charge is -2.18. The van der Waals surface area contributed by atoms with E-state index in [-0.39, 0.29) is 12.4 Å². The van der Waals surface area contributed by atoms with Crippen molar-refractivity contribution in [2.24, 2.45) is 0 Å². The molecule has 0 aliphatic heterocycles. The van der Waals surface area contributed by atoms with Gasteiger partial charge in [-0.1, -0.05) is 106 Å². The summed E-state index contributed by atoms with van der Waals surface area (Å²) in [4.78, 5) is 1.50. The van der Waals surface area contributed by atoms with E-state index in [1.807, 2.05) is 11.3 Å². The highest BCUT2D eigenvalue weighted by atomic mass is 35.5. The van der Waals surface area contributed by atoms with Gasteiger partial charge in [0.1, 0.15) is 0 Å². The molecule has 0 bridgehead atoms. The van der Waals surface area contributed by atoms with E-state index in [1.165, 1.54) is 38.5 Å². The van der Waals surface area contributed by atoms with Crippen molar-refractivity contribution in [1.29, 1.82) is 0 Å². The van der Waals surface area contributed by atoms with Gasteiger partial charge in [-0.3, -0.25) is 0 Å². The first-order valence-electron chi connectivity index (χ1n) is 12.3. The fraction of sp³-hybridized carbons (Fsp3) is 0.323. The molecule has 3 aromatic carbocycles. The number of halogens is 1. The molecule has 2 atom stereocenters. The van der Waals surface area contributed by atoms with Crippen LogP contribution in [0.5, 0.6) is 0 Å². The first-order valence-corrected chi connectivity index (χ1v) is 13.2. The van der Waals surface area contributed by atoms with Gasteiger partial charge in [-0.15, -0.1) is 0 Å². The van der Waals surface area contributed by atoms with Crippen LogP contribution in [0.1, 0.15) is 72.4 Å². The Bertz CT molecular complexity index is 1100. The van der Waals surface area contributed by atoms with E-state index >= 15 is 0 Å². The number of aromatic nitrogens is 1. The lowest BCUT2D eigenvalue weighted by atomic mass is 9.87. The molecule has 3 heteroatoms. The normalized spacial score (nSPS) is 12.7. The second-order valence-corrected chi connectivity index (χ2v) is 10.1. The highest BCUT2D eigenvalue weighted by molar-refractivity contribution is 7.09. The van der Waals surface area contributed by atoms with Crippen molar-refractivity contribution < 1.29 is 17.0 Å². The van der Waals surface area contributed by atoms with Crippen LogP contribution in [-0.2, 0) is 25.7 Å². The Labute approximate surface area is 215 Å². The van der Waals surface area contributed by atoms with E-state index < -0.39 is 0 Å². The summed E-state index contributed by atoms with van der Waals surface area (Å²) in [5.41, 5.74) is 10.8. The van der Waals surface area contributed by atoms with Gasteiger partial charge in [0.25, 0.3) is 0 Å². The maximum atomic E-state index is 2.46. The number of nitrogens with zero attached hydrogens (tertiary/aromatic N) is 1. The molecule has 34 heavy (non-hydrogen) atoms. The number of rotatable bonds is 9. The molecule has 0 radical (unpaired) electrons. The Hall–Kier alpha value is -2.42. The Morgan fingerprint density at radius 3 is 1.65 bits per heavy atom. The van der Waals surface area contributed by atoms with E-state index in [1.54, 1.807) is 0 Å². The summed E-state index contributed by atoms with van der Waals surface area (Å²) in [5.74, 6) is 0.926. The summed E-state index contributed by atoms with van der Waals surface area (Å²) >= 11 is 1.89. The summed E-state index contributed by atoms with van der Waals surface area (Å²) < 4.78 is 2.45. The largest absolute Gasteiger partial charge is 1.00 e. The third-order valence-electron chi connectivity index (χ3n) is 6.72. The van der Waals surface area contributed by atoms with Gasteiger partial charge < -0.3 is 12.4 Å². The quantitative estimate of drug-likeness (QED) is 0.296. The van der Waals surface area contributed by atoms with Crippen LogP contribution >= 0.6 is 11.3 Å². The fourth-order valence-corrected chi connectivity index (χ4v) is 5.82. The molecule has 4 aromatic rings. The standard InChI is InChI=1S/C31H36NS.ClH/c1-5-30-31(6-2)33-22-32(30)29-20-27(23(3)17-25-13-9-7-10-14-25)19-28(21-29)24(4)18-26-15-11-8-12-16-26;/h7-16,19-24H,5-6,17-18H2,1-4H3;1H/q+1;/p-1. The molecule has 0 fully saturated rings. The van der Waals surface area contributed by atoms with Crippen LogP contribution in [0.25, 0.3) is 5.69 Å². The monoisotopic (exact) mass is 489 g/mol. The van der Waals surface area contributed by atoms with Gasteiger partial charge in [0.2, 0.25) is 16.9 Å². The maximum absolute atomic E-state index is 2.46. The molecular weight excluding hydrogens is 454 g/mol. The summed E-state index contributed by atoms with van der Waals surface area (Å²) in [7, 11) is 0. The van der Waals surface area contributed by atoms with Crippen molar-refractivity contribution >= 4 is 11.3 Å². The van der Waals surface area contributed by atoms with Crippen LogP contribution in [0, 0.1) is 0 Å². The fourth-order valence-electron chi connectivity index (χ4n) is 4.79. The predicted molar refractivity (Wildman–Crippen MR) is 142 cm³/mol. The third kappa shape index (κ3) is 6.17. The third-order valence-corrected chi connectivity index (χ3v) is 7.84. The van der Waals surface area contributed by atoms with E-state index in [4.69, 9.17) is 0 Å². The van der Waals surface area contributed by atoms with Crippen molar-refractivity contribution in [3.8, 4) is 5.69 Å². The molecule has 1 heterocycles. The van der Waals surface area contributed by atoms with Crippen molar-refractivity contribution in [3.05, 3.63) is 117 Å². The van der Waals surface area contributed by atoms with Crippen LogP contribution in [-0.4, -0.2) is 0 Å². The minimum atomic E-state index is 0. The number of benzene rings is 3. The zero-order valence-corrected chi connectivity index (χ0v) is 22.4. The van der Waals surface area contributed by atoms with Gasteiger partial charge in [-0.05, 0) is 53.4 Å². The zero-order chi connectivity index (χ0) is 23.2. The molecule has 0 aliphatic carbocycles. The Kier molecular flexibility index (Phi) is 9.50. The summed E-state index contributed by atoms with van der Waals surface area (Å²) in [6.07, 6.45) is 4.28. The van der Waals surface area contributed by atoms with E-state index in [9.17, 15) is 0 Å². The summed E-state index contributed by atoms with van der Waals surface area (Å²) in [6, 6.07) is 29.1. The van der Waals surface area contributed by atoms with Crippen LogP contribution in [0.4, 0.5) is 0 Å². The molecule has 1 aromatic heterocycles. The van der Waals surface area contributed by atoms with Crippen molar-refractivity contribution in [2.75, 3.05) is 0 Å². The average molecular weight is 490 g/mol. The van der Waals surface area contributed by atoms with E-state index in [2.05, 4.69) is 117 Å². The Balaban J connectivity index is 0.00000324. The summed E-state index contributed by atoms with van der Waals surface area (Å²) in [6.45, 7) is 9.28. The van der Waals surface area contributed by atoms with Gasteiger partial charge in [0.15, 0.2) is 0 Å². The molecule has 0 saturated heterocycles. The number of hydrogen-bond donors (Lipinski definition) is 0. The lowest BCUT2D eigenvalue weighted by Crippen LogP contribution is -3.00. The minimum Gasteiger partial charge on any atom is -1.00 e.